The molecule has 2 saturated heterocycles. The second kappa shape index (κ2) is 5.96. The van der Waals surface area contributed by atoms with E-state index in [1.54, 1.807) is 17.0 Å². The Balaban J connectivity index is 1.46. The molecule has 0 unspecified atom stereocenters. The van der Waals surface area contributed by atoms with E-state index in [-0.39, 0.29) is 42.1 Å². The molecular formula is C17H20FN3O4. The van der Waals surface area contributed by atoms with Crippen LogP contribution in [0, 0.1) is 17.7 Å². The number of hydrogen-bond donors (Lipinski definition) is 2. The maximum atomic E-state index is 14.6. The fourth-order valence-electron chi connectivity index (χ4n) is 4.10. The van der Waals surface area contributed by atoms with Gasteiger partial charge in [-0.25, -0.2) is 9.18 Å². The molecule has 4 atom stereocenters. The third-order valence-electron chi connectivity index (χ3n) is 5.47. The molecule has 7 nitrogen and oxygen atoms in total. The summed E-state index contributed by atoms with van der Waals surface area (Å²) in [6.07, 6.45) is -0.878. The van der Waals surface area contributed by atoms with Crippen molar-refractivity contribution < 1.29 is 23.8 Å². The highest BCUT2D eigenvalue weighted by Gasteiger charge is 2.57. The summed E-state index contributed by atoms with van der Waals surface area (Å²) in [6.45, 7) is 1.19. The first-order chi connectivity index (χ1) is 12.0. The monoisotopic (exact) mass is 349 g/mol. The minimum absolute atomic E-state index is 0.0964. The first-order valence-corrected chi connectivity index (χ1v) is 8.39. The van der Waals surface area contributed by atoms with Gasteiger partial charge in [-0.2, -0.15) is 0 Å². The summed E-state index contributed by atoms with van der Waals surface area (Å²) in [7, 11) is 0. The molecule has 8 heteroatoms. The summed E-state index contributed by atoms with van der Waals surface area (Å²) in [6, 6.07) is 4.80. The second-order valence-electron chi connectivity index (χ2n) is 6.87. The highest BCUT2D eigenvalue weighted by molar-refractivity contribution is 5.89. The average Bonchev–Trinajstić information content (AvgIpc) is 2.97. The molecule has 1 aromatic carbocycles. The van der Waals surface area contributed by atoms with Crippen LogP contribution in [-0.4, -0.2) is 60.9 Å². The Labute approximate surface area is 144 Å². The number of nitrogens with two attached hydrogens (primary N) is 1. The van der Waals surface area contributed by atoms with Gasteiger partial charge in [0.15, 0.2) is 0 Å². The van der Waals surface area contributed by atoms with Crippen LogP contribution in [0.3, 0.4) is 0 Å². The van der Waals surface area contributed by atoms with Crippen LogP contribution >= 0.6 is 0 Å². The fraction of sp³-hybridized carbons (Fsp3) is 0.529. The Morgan fingerprint density at radius 2 is 2.04 bits per heavy atom. The SMILES string of the molecule is NC[C@H]1CN(c2ccc([C@H]3[C@@H]4CN(C(=O)CO)C[C@@H]43)c(F)c2)C(=O)O1. The molecule has 25 heavy (non-hydrogen) atoms. The minimum atomic E-state index is -0.510. The summed E-state index contributed by atoms with van der Waals surface area (Å²) in [5.41, 5.74) is 6.60. The van der Waals surface area contributed by atoms with Gasteiger partial charge < -0.3 is 20.5 Å². The van der Waals surface area contributed by atoms with Crippen molar-refractivity contribution in [3.8, 4) is 0 Å². The Hall–Kier alpha value is -2.19. The summed E-state index contributed by atoms with van der Waals surface area (Å²) >= 11 is 0. The molecule has 3 fully saturated rings. The van der Waals surface area contributed by atoms with Gasteiger partial charge in [0.2, 0.25) is 5.91 Å². The number of halogens is 1. The second-order valence-corrected chi connectivity index (χ2v) is 6.87. The van der Waals surface area contributed by atoms with Gasteiger partial charge in [0, 0.05) is 19.6 Å². The van der Waals surface area contributed by atoms with Gasteiger partial charge in [-0.15, -0.1) is 0 Å². The smallest absolute Gasteiger partial charge is 0.414 e. The lowest BCUT2D eigenvalue weighted by Crippen LogP contribution is -2.33. The van der Waals surface area contributed by atoms with E-state index in [0.717, 1.165) is 0 Å². The van der Waals surface area contributed by atoms with Gasteiger partial charge in [-0.05, 0) is 35.4 Å². The van der Waals surface area contributed by atoms with E-state index in [2.05, 4.69) is 0 Å². The standard InChI is InChI=1S/C17H20FN3O4/c18-14-3-9(21-5-10(4-19)25-17(21)24)1-2-11(14)16-12-6-20(7-13(12)16)15(23)8-22/h1-3,10,12-13,16,22H,4-8,19H2/t10-,12-,13+,16+/m0/s1. The zero-order valence-corrected chi connectivity index (χ0v) is 13.6. The number of hydrogen-bond acceptors (Lipinski definition) is 5. The summed E-state index contributed by atoms with van der Waals surface area (Å²) in [5.74, 6) is -0.0349. The number of carbonyl (C=O) groups is 2. The average molecular weight is 349 g/mol. The number of ether oxygens (including phenoxy) is 1. The molecular weight excluding hydrogens is 329 g/mol. The third-order valence-corrected chi connectivity index (χ3v) is 5.47. The van der Waals surface area contributed by atoms with Crippen LogP contribution in [0.4, 0.5) is 14.9 Å². The van der Waals surface area contributed by atoms with E-state index in [0.29, 0.717) is 30.9 Å². The van der Waals surface area contributed by atoms with E-state index in [9.17, 15) is 14.0 Å². The molecule has 0 aromatic heterocycles. The van der Waals surface area contributed by atoms with Crippen molar-refractivity contribution in [3.63, 3.8) is 0 Å². The van der Waals surface area contributed by atoms with Crippen molar-refractivity contribution in [3.05, 3.63) is 29.6 Å². The predicted molar refractivity (Wildman–Crippen MR) is 86.5 cm³/mol. The molecule has 2 heterocycles. The molecule has 134 valence electrons. The number of rotatable bonds is 4. The summed E-state index contributed by atoms with van der Waals surface area (Å²) in [5, 5.41) is 8.91. The van der Waals surface area contributed by atoms with Gasteiger partial charge in [0.05, 0.1) is 12.2 Å². The largest absolute Gasteiger partial charge is 0.443 e. The summed E-state index contributed by atoms with van der Waals surface area (Å²) < 4.78 is 19.7. The van der Waals surface area contributed by atoms with Gasteiger partial charge >= 0.3 is 6.09 Å². The molecule has 1 aliphatic carbocycles. The zero-order valence-electron chi connectivity index (χ0n) is 13.6. The van der Waals surface area contributed by atoms with Crippen molar-refractivity contribution in [1.82, 2.24) is 4.90 Å². The highest BCUT2D eigenvalue weighted by Crippen LogP contribution is 2.58. The molecule has 3 aliphatic rings. The van der Waals surface area contributed by atoms with Crippen LogP contribution in [0.2, 0.25) is 0 Å². The van der Waals surface area contributed by atoms with Crippen LogP contribution in [-0.2, 0) is 9.53 Å². The molecule has 1 saturated carbocycles. The van der Waals surface area contributed by atoms with E-state index in [1.807, 2.05) is 0 Å². The molecule has 4 rings (SSSR count). The van der Waals surface area contributed by atoms with Crippen molar-refractivity contribution in [2.24, 2.45) is 17.6 Å². The van der Waals surface area contributed by atoms with Crippen molar-refractivity contribution in [1.29, 1.82) is 0 Å². The highest BCUT2D eigenvalue weighted by atomic mass is 19.1. The van der Waals surface area contributed by atoms with E-state index in [1.165, 1.54) is 11.0 Å². The summed E-state index contributed by atoms with van der Waals surface area (Å²) in [4.78, 5) is 26.4. The zero-order chi connectivity index (χ0) is 17.7. The number of amides is 2. The Morgan fingerprint density at radius 1 is 1.32 bits per heavy atom. The number of benzene rings is 1. The van der Waals surface area contributed by atoms with Gasteiger partial charge in [0.1, 0.15) is 18.5 Å². The van der Waals surface area contributed by atoms with Crippen LogP contribution in [0.5, 0.6) is 0 Å². The normalized spacial score (nSPS) is 30.4. The van der Waals surface area contributed by atoms with E-state index < -0.39 is 12.7 Å². The Kier molecular flexibility index (Phi) is 3.88. The van der Waals surface area contributed by atoms with Gasteiger partial charge in [-0.3, -0.25) is 9.69 Å². The van der Waals surface area contributed by atoms with Crippen molar-refractivity contribution in [2.75, 3.05) is 37.7 Å². The number of aliphatic hydroxyl groups is 1. The molecule has 2 amide bonds. The first kappa shape index (κ1) is 16.3. The fourth-order valence-corrected chi connectivity index (χ4v) is 4.10. The number of fused-ring (bicyclic) bond motifs is 1. The van der Waals surface area contributed by atoms with E-state index >= 15 is 0 Å². The first-order valence-electron chi connectivity index (χ1n) is 8.39. The van der Waals surface area contributed by atoms with Crippen LogP contribution in [0.25, 0.3) is 0 Å². The molecule has 1 aromatic rings. The Bertz CT molecular complexity index is 716. The number of likely N-dealkylation sites (tertiary alicyclic amines) is 1. The number of aliphatic hydroxyl groups excluding tert-OH is 1. The van der Waals surface area contributed by atoms with Gasteiger partial charge in [-0.1, -0.05) is 6.07 Å². The van der Waals surface area contributed by atoms with E-state index in [4.69, 9.17) is 15.6 Å². The van der Waals surface area contributed by atoms with Crippen molar-refractivity contribution in [2.45, 2.75) is 12.0 Å². The predicted octanol–water partition coefficient (Wildman–Crippen LogP) is 0.274. The van der Waals surface area contributed by atoms with Crippen molar-refractivity contribution >= 4 is 17.7 Å². The molecule has 0 radical (unpaired) electrons. The minimum Gasteiger partial charge on any atom is -0.443 e. The lowest BCUT2D eigenvalue weighted by molar-refractivity contribution is -0.133. The number of cyclic esters (lactones) is 1. The quantitative estimate of drug-likeness (QED) is 0.814. The maximum absolute atomic E-state index is 14.6. The van der Waals surface area contributed by atoms with Crippen LogP contribution < -0.4 is 10.6 Å². The Morgan fingerprint density at radius 3 is 2.60 bits per heavy atom. The number of nitrogens with zero attached hydrogens (tertiary/aromatic N) is 2. The number of anilines is 1. The lowest BCUT2D eigenvalue weighted by atomic mass is 10.0. The number of carbonyl (C=O) groups excluding carboxylic acids is 2. The van der Waals surface area contributed by atoms with Crippen LogP contribution in [0.1, 0.15) is 11.5 Å². The van der Waals surface area contributed by atoms with Gasteiger partial charge in [0.25, 0.3) is 0 Å². The molecule has 0 spiro atoms. The third kappa shape index (κ3) is 2.65. The van der Waals surface area contributed by atoms with Crippen LogP contribution in [0.15, 0.2) is 18.2 Å². The molecule has 0 bridgehead atoms. The molecule has 3 N–H and O–H groups in total. The number of piperidine rings is 1. The maximum Gasteiger partial charge on any atom is 0.414 e. The topological polar surface area (TPSA) is 96.1 Å². The lowest BCUT2D eigenvalue weighted by Gasteiger charge is -2.19. The molecule has 2 aliphatic heterocycles.